The van der Waals surface area contributed by atoms with Gasteiger partial charge in [0.05, 0.1) is 5.69 Å². The Balaban J connectivity index is 1.73. The Morgan fingerprint density at radius 1 is 1.44 bits per heavy atom. The van der Waals surface area contributed by atoms with Crippen LogP contribution in [0.4, 0.5) is 18.3 Å². The van der Waals surface area contributed by atoms with Crippen molar-refractivity contribution in [2.75, 3.05) is 18.9 Å². The topological polar surface area (TPSA) is 67.2 Å². The number of pyridine rings is 1. The summed E-state index contributed by atoms with van der Waals surface area (Å²) >= 11 is 1.34. The van der Waals surface area contributed by atoms with Crippen molar-refractivity contribution in [3.63, 3.8) is 0 Å². The van der Waals surface area contributed by atoms with Crippen molar-refractivity contribution in [3.8, 4) is 0 Å². The number of alkyl halides is 3. The molecule has 3 rings (SSSR count). The molecule has 0 aromatic carbocycles. The van der Waals surface area contributed by atoms with E-state index >= 15 is 0 Å². The fourth-order valence-electron chi connectivity index (χ4n) is 2.57. The summed E-state index contributed by atoms with van der Waals surface area (Å²) in [5.41, 5.74) is -1.62. The van der Waals surface area contributed by atoms with Gasteiger partial charge in [0.25, 0.3) is 5.56 Å². The van der Waals surface area contributed by atoms with E-state index in [-0.39, 0.29) is 0 Å². The molecule has 0 aliphatic carbocycles. The number of carbonyl (C=O) groups is 1. The van der Waals surface area contributed by atoms with Gasteiger partial charge < -0.3 is 14.8 Å². The van der Waals surface area contributed by atoms with Crippen LogP contribution in [0.25, 0.3) is 0 Å². The van der Waals surface area contributed by atoms with Crippen LogP contribution in [0.15, 0.2) is 23.1 Å². The second-order valence-electron chi connectivity index (χ2n) is 5.78. The van der Waals surface area contributed by atoms with Gasteiger partial charge in [-0.2, -0.15) is 13.2 Å². The van der Waals surface area contributed by atoms with Crippen molar-refractivity contribution in [2.24, 2.45) is 0 Å². The van der Waals surface area contributed by atoms with E-state index in [2.05, 4.69) is 15.2 Å². The summed E-state index contributed by atoms with van der Waals surface area (Å²) in [5.74, 6) is -0.596. The number of nitrogens with one attached hydrogen (secondary N) is 1. The highest BCUT2D eigenvalue weighted by atomic mass is 32.1. The van der Waals surface area contributed by atoms with Crippen LogP contribution >= 0.6 is 11.3 Å². The zero-order valence-electron chi connectivity index (χ0n) is 13.3. The quantitative estimate of drug-likeness (QED) is 0.894. The number of hydrogen-bond acceptors (Lipinski definition) is 5. The van der Waals surface area contributed by atoms with Crippen molar-refractivity contribution < 1.29 is 18.0 Å². The van der Waals surface area contributed by atoms with Gasteiger partial charge >= 0.3 is 6.18 Å². The number of fused-ring (bicyclic) bond motifs is 1. The van der Waals surface area contributed by atoms with Gasteiger partial charge in [0, 0.05) is 30.6 Å². The van der Waals surface area contributed by atoms with Crippen molar-refractivity contribution in [1.29, 1.82) is 0 Å². The molecular weight excluding hydrogens is 357 g/mol. The lowest BCUT2D eigenvalue weighted by molar-refractivity contribution is -0.139. The highest BCUT2D eigenvalue weighted by Gasteiger charge is 2.34. The number of halogens is 3. The molecule has 1 amide bonds. The molecule has 10 heteroatoms. The summed E-state index contributed by atoms with van der Waals surface area (Å²) in [6, 6.07) is 1.79. The van der Waals surface area contributed by atoms with Gasteiger partial charge in [0.1, 0.15) is 12.1 Å². The number of amides is 1. The minimum absolute atomic E-state index is 0.394. The largest absolute Gasteiger partial charge is 0.421 e. The van der Waals surface area contributed by atoms with Gasteiger partial charge in [-0.05, 0) is 19.2 Å². The highest BCUT2D eigenvalue weighted by Crippen LogP contribution is 2.28. The van der Waals surface area contributed by atoms with Crippen LogP contribution in [-0.2, 0) is 30.5 Å². The molecule has 134 valence electrons. The molecule has 0 fully saturated rings. The number of thiazole rings is 1. The van der Waals surface area contributed by atoms with Gasteiger partial charge in [-0.3, -0.25) is 9.59 Å². The van der Waals surface area contributed by atoms with Crippen molar-refractivity contribution in [2.45, 2.75) is 25.7 Å². The van der Waals surface area contributed by atoms with E-state index in [1.165, 1.54) is 11.3 Å². The van der Waals surface area contributed by atoms with Crippen LogP contribution in [0.1, 0.15) is 16.1 Å². The standard InChI is InChI=1S/C15H15F3N4O2S/c1-21-6-4-10-11(7-21)25-14(19-10)20-12(23)8-22-5-2-3-9(13(22)24)15(16,17)18/h2-3,5H,4,6-8H2,1H3,(H,19,20,23). The number of hydrogen-bond donors (Lipinski definition) is 1. The van der Waals surface area contributed by atoms with Crippen LogP contribution in [-0.4, -0.2) is 34.0 Å². The van der Waals surface area contributed by atoms with Crippen LogP contribution in [0.3, 0.4) is 0 Å². The Kier molecular flexibility index (Phi) is 4.65. The fraction of sp³-hybridized carbons (Fsp3) is 0.400. The van der Waals surface area contributed by atoms with E-state index in [1.807, 2.05) is 7.05 Å². The molecule has 1 aliphatic heterocycles. The summed E-state index contributed by atoms with van der Waals surface area (Å²) in [6.45, 7) is 1.12. The zero-order valence-corrected chi connectivity index (χ0v) is 14.1. The minimum atomic E-state index is -4.75. The molecule has 0 bridgehead atoms. The number of aromatic nitrogens is 2. The smallest absolute Gasteiger partial charge is 0.306 e. The van der Waals surface area contributed by atoms with Crippen molar-refractivity contribution >= 4 is 22.4 Å². The van der Waals surface area contributed by atoms with Crippen LogP contribution in [0, 0.1) is 0 Å². The van der Waals surface area contributed by atoms with Gasteiger partial charge in [-0.15, -0.1) is 11.3 Å². The maximum absolute atomic E-state index is 12.7. The first-order chi connectivity index (χ1) is 11.7. The maximum Gasteiger partial charge on any atom is 0.421 e. The first-order valence-electron chi connectivity index (χ1n) is 7.47. The van der Waals surface area contributed by atoms with E-state index in [1.54, 1.807) is 0 Å². The molecule has 0 saturated heterocycles. The lowest BCUT2D eigenvalue weighted by atomic mass is 10.2. The molecule has 25 heavy (non-hydrogen) atoms. The van der Waals surface area contributed by atoms with Crippen LogP contribution in [0.5, 0.6) is 0 Å². The second kappa shape index (κ2) is 6.60. The predicted molar refractivity (Wildman–Crippen MR) is 86.5 cm³/mol. The molecule has 2 aromatic rings. The van der Waals surface area contributed by atoms with Gasteiger partial charge in [-0.1, -0.05) is 0 Å². The molecule has 0 spiro atoms. The molecule has 1 aliphatic rings. The molecule has 2 aromatic heterocycles. The molecule has 1 N–H and O–H groups in total. The van der Waals surface area contributed by atoms with E-state index < -0.39 is 29.8 Å². The molecule has 3 heterocycles. The van der Waals surface area contributed by atoms with Crippen LogP contribution in [0.2, 0.25) is 0 Å². The highest BCUT2D eigenvalue weighted by molar-refractivity contribution is 7.15. The van der Waals surface area contributed by atoms with E-state index in [9.17, 15) is 22.8 Å². The van der Waals surface area contributed by atoms with E-state index in [0.29, 0.717) is 11.2 Å². The molecular formula is C15H15F3N4O2S. The van der Waals surface area contributed by atoms with E-state index in [4.69, 9.17) is 0 Å². The summed E-state index contributed by atoms with van der Waals surface area (Å²) < 4.78 is 39.0. The van der Waals surface area contributed by atoms with E-state index in [0.717, 1.165) is 46.9 Å². The lowest BCUT2D eigenvalue weighted by Gasteiger charge is -2.20. The third-order valence-corrected chi connectivity index (χ3v) is 4.81. The Labute approximate surface area is 144 Å². The molecule has 0 radical (unpaired) electrons. The van der Waals surface area contributed by atoms with Gasteiger partial charge in [0.15, 0.2) is 5.13 Å². The average Bonchev–Trinajstić information content (AvgIpc) is 2.89. The zero-order chi connectivity index (χ0) is 18.2. The number of anilines is 1. The lowest BCUT2D eigenvalue weighted by Crippen LogP contribution is -2.31. The van der Waals surface area contributed by atoms with Gasteiger partial charge in [0.2, 0.25) is 5.91 Å². The normalized spacial score (nSPS) is 15.0. The van der Waals surface area contributed by atoms with Crippen LogP contribution < -0.4 is 10.9 Å². The minimum Gasteiger partial charge on any atom is -0.306 e. The average molecular weight is 372 g/mol. The third-order valence-electron chi connectivity index (χ3n) is 3.81. The second-order valence-corrected chi connectivity index (χ2v) is 6.86. The number of carbonyl (C=O) groups excluding carboxylic acids is 1. The summed E-state index contributed by atoms with van der Waals surface area (Å²) in [4.78, 5) is 31.4. The third kappa shape index (κ3) is 3.90. The Morgan fingerprint density at radius 2 is 2.20 bits per heavy atom. The number of nitrogens with zero attached hydrogens (tertiary/aromatic N) is 3. The maximum atomic E-state index is 12.7. The fourth-order valence-corrected chi connectivity index (χ4v) is 3.67. The molecule has 0 atom stereocenters. The predicted octanol–water partition coefficient (Wildman–Crippen LogP) is 1.95. The molecule has 0 unspecified atom stereocenters. The summed E-state index contributed by atoms with van der Waals surface area (Å²) in [5, 5.41) is 2.95. The van der Waals surface area contributed by atoms with Gasteiger partial charge in [-0.25, -0.2) is 4.98 Å². The van der Waals surface area contributed by atoms with Crippen molar-refractivity contribution in [3.05, 3.63) is 44.8 Å². The summed E-state index contributed by atoms with van der Waals surface area (Å²) in [7, 11) is 1.99. The number of rotatable bonds is 3. The van der Waals surface area contributed by atoms with Crippen molar-refractivity contribution in [1.82, 2.24) is 14.5 Å². The Hall–Kier alpha value is -2.20. The Bertz CT molecular complexity index is 859. The molecule has 0 saturated carbocycles. The summed E-state index contributed by atoms with van der Waals surface area (Å²) in [6.07, 6.45) is -2.82. The molecule has 6 nitrogen and oxygen atoms in total. The Morgan fingerprint density at radius 3 is 2.92 bits per heavy atom. The SMILES string of the molecule is CN1CCc2nc(NC(=O)Cn3cccc(C(F)(F)F)c3=O)sc2C1. The number of likely N-dealkylation sites (N-methyl/N-ethyl adjacent to an activating group) is 1. The first-order valence-corrected chi connectivity index (χ1v) is 8.29. The first kappa shape index (κ1) is 17.6. The monoisotopic (exact) mass is 372 g/mol.